The van der Waals surface area contributed by atoms with Gasteiger partial charge < -0.3 is 20.1 Å². The lowest BCUT2D eigenvalue weighted by Crippen LogP contribution is -2.14. The van der Waals surface area contributed by atoms with Crippen LogP contribution in [0.4, 0.5) is 17.3 Å². The molecule has 0 atom stereocenters. The predicted molar refractivity (Wildman–Crippen MR) is 109 cm³/mol. The number of anilines is 3. The Kier molecular flexibility index (Phi) is 6.06. The third-order valence-electron chi connectivity index (χ3n) is 4.15. The molecule has 0 unspecified atom stereocenters. The van der Waals surface area contributed by atoms with Crippen LogP contribution in [0.5, 0.6) is 11.5 Å². The standard InChI is InChI=1S/C21H22N4O3/c1-4-14-5-7-16(8-6-14)22-19-9-10-20(25-24-19)23-21(26)15-11-17(27-2)13-18(12-15)28-3/h5-13H,4H2,1-3H3,(H,22,24)(H,23,25,26). The first-order valence-electron chi connectivity index (χ1n) is 8.85. The highest BCUT2D eigenvalue weighted by Crippen LogP contribution is 2.23. The van der Waals surface area contributed by atoms with Crippen molar-refractivity contribution in [2.24, 2.45) is 0 Å². The molecule has 2 N–H and O–H groups in total. The van der Waals surface area contributed by atoms with Gasteiger partial charge in [0, 0.05) is 17.3 Å². The van der Waals surface area contributed by atoms with Crippen molar-refractivity contribution in [2.75, 3.05) is 24.9 Å². The third kappa shape index (κ3) is 4.76. The normalized spacial score (nSPS) is 10.2. The second-order valence-electron chi connectivity index (χ2n) is 6.03. The Bertz CT molecular complexity index is 919. The summed E-state index contributed by atoms with van der Waals surface area (Å²) in [5.41, 5.74) is 2.59. The Morgan fingerprint density at radius 2 is 1.50 bits per heavy atom. The van der Waals surface area contributed by atoms with Crippen LogP contribution in [0.1, 0.15) is 22.8 Å². The number of aromatic nitrogens is 2. The second-order valence-corrected chi connectivity index (χ2v) is 6.03. The van der Waals surface area contributed by atoms with Gasteiger partial charge in [-0.15, -0.1) is 10.2 Å². The molecule has 0 saturated carbocycles. The van der Waals surface area contributed by atoms with Crippen molar-refractivity contribution in [3.8, 4) is 11.5 Å². The molecule has 3 rings (SSSR count). The molecule has 0 bridgehead atoms. The van der Waals surface area contributed by atoms with Gasteiger partial charge in [0.25, 0.3) is 5.91 Å². The zero-order chi connectivity index (χ0) is 19.9. The topological polar surface area (TPSA) is 85.4 Å². The van der Waals surface area contributed by atoms with Gasteiger partial charge in [-0.2, -0.15) is 0 Å². The third-order valence-corrected chi connectivity index (χ3v) is 4.15. The van der Waals surface area contributed by atoms with Crippen LogP contribution >= 0.6 is 0 Å². The van der Waals surface area contributed by atoms with Crippen LogP contribution < -0.4 is 20.1 Å². The van der Waals surface area contributed by atoms with E-state index in [-0.39, 0.29) is 5.91 Å². The zero-order valence-electron chi connectivity index (χ0n) is 16.0. The van der Waals surface area contributed by atoms with Crippen molar-refractivity contribution < 1.29 is 14.3 Å². The highest BCUT2D eigenvalue weighted by atomic mass is 16.5. The minimum Gasteiger partial charge on any atom is -0.497 e. The minimum atomic E-state index is -0.331. The van der Waals surface area contributed by atoms with E-state index in [1.807, 2.05) is 12.1 Å². The molecule has 2 aromatic carbocycles. The Balaban J connectivity index is 1.67. The maximum atomic E-state index is 12.5. The molecule has 0 aliphatic heterocycles. The maximum absolute atomic E-state index is 12.5. The summed E-state index contributed by atoms with van der Waals surface area (Å²) in [7, 11) is 3.06. The van der Waals surface area contributed by atoms with Crippen LogP contribution in [-0.2, 0) is 6.42 Å². The molecule has 28 heavy (non-hydrogen) atoms. The quantitative estimate of drug-likeness (QED) is 0.645. The summed E-state index contributed by atoms with van der Waals surface area (Å²) in [5, 5.41) is 14.1. The Labute approximate surface area is 163 Å². The largest absolute Gasteiger partial charge is 0.497 e. The number of hydrogen-bond acceptors (Lipinski definition) is 6. The summed E-state index contributed by atoms with van der Waals surface area (Å²) < 4.78 is 10.4. The summed E-state index contributed by atoms with van der Waals surface area (Å²) in [6, 6.07) is 16.5. The molecule has 3 aromatic rings. The molecule has 144 valence electrons. The van der Waals surface area contributed by atoms with Crippen LogP contribution in [0, 0.1) is 0 Å². The van der Waals surface area contributed by atoms with Crippen molar-refractivity contribution in [1.29, 1.82) is 0 Å². The number of aryl methyl sites for hydroxylation is 1. The maximum Gasteiger partial charge on any atom is 0.257 e. The van der Waals surface area contributed by atoms with Crippen molar-refractivity contribution in [1.82, 2.24) is 10.2 Å². The average molecular weight is 378 g/mol. The van der Waals surface area contributed by atoms with E-state index in [0.717, 1.165) is 12.1 Å². The van der Waals surface area contributed by atoms with Gasteiger partial charge in [0.1, 0.15) is 11.5 Å². The number of methoxy groups -OCH3 is 2. The lowest BCUT2D eigenvalue weighted by atomic mass is 10.1. The fraction of sp³-hybridized carbons (Fsp3) is 0.190. The van der Waals surface area contributed by atoms with Crippen LogP contribution in [0.2, 0.25) is 0 Å². The van der Waals surface area contributed by atoms with Crippen molar-refractivity contribution in [3.63, 3.8) is 0 Å². The first kappa shape index (κ1) is 19.2. The summed E-state index contributed by atoms with van der Waals surface area (Å²) in [6.07, 6.45) is 0.994. The molecular formula is C21H22N4O3. The number of nitrogens with one attached hydrogen (secondary N) is 2. The summed E-state index contributed by atoms with van der Waals surface area (Å²) in [5.74, 6) is 1.67. The molecule has 0 aliphatic rings. The van der Waals surface area contributed by atoms with E-state index in [0.29, 0.717) is 28.7 Å². The van der Waals surface area contributed by atoms with E-state index in [2.05, 4.69) is 39.9 Å². The second kappa shape index (κ2) is 8.85. The SMILES string of the molecule is CCc1ccc(Nc2ccc(NC(=O)c3cc(OC)cc(OC)c3)nn2)cc1. The van der Waals surface area contributed by atoms with Gasteiger partial charge in [0.15, 0.2) is 11.6 Å². The fourth-order valence-electron chi connectivity index (χ4n) is 2.56. The molecule has 1 heterocycles. The van der Waals surface area contributed by atoms with Crippen LogP contribution in [0.15, 0.2) is 54.6 Å². The molecular weight excluding hydrogens is 356 g/mol. The smallest absolute Gasteiger partial charge is 0.257 e. The van der Waals surface area contributed by atoms with Gasteiger partial charge in [0.05, 0.1) is 14.2 Å². The molecule has 7 heteroatoms. The van der Waals surface area contributed by atoms with E-state index in [1.54, 1.807) is 30.3 Å². The van der Waals surface area contributed by atoms with Gasteiger partial charge in [-0.1, -0.05) is 19.1 Å². The molecule has 0 saturated heterocycles. The van der Waals surface area contributed by atoms with Gasteiger partial charge >= 0.3 is 0 Å². The van der Waals surface area contributed by atoms with E-state index in [4.69, 9.17) is 9.47 Å². The van der Waals surface area contributed by atoms with Crippen LogP contribution in [0.3, 0.4) is 0 Å². The number of nitrogens with zero attached hydrogens (tertiary/aromatic N) is 2. The van der Waals surface area contributed by atoms with Gasteiger partial charge in [-0.3, -0.25) is 4.79 Å². The highest BCUT2D eigenvalue weighted by Gasteiger charge is 2.11. The predicted octanol–water partition coefficient (Wildman–Crippen LogP) is 4.05. The summed E-state index contributed by atoms with van der Waals surface area (Å²) in [6.45, 7) is 2.11. The zero-order valence-corrected chi connectivity index (χ0v) is 16.0. The lowest BCUT2D eigenvalue weighted by molar-refractivity contribution is 0.102. The molecule has 0 fully saturated rings. The number of benzene rings is 2. The van der Waals surface area contributed by atoms with Gasteiger partial charge in [-0.25, -0.2) is 0 Å². The van der Waals surface area contributed by atoms with Crippen molar-refractivity contribution >= 4 is 23.2 Å². The van der Waals surface area contributed by atoms with Crippen molar-refractivity contribution in [2.45, 2.75) is 13.3 Å². The minimum absolute atomic E-state index is 0.331. The first-order chi connectivity index (χ1) is 13.6. The van der Waals surface area contributed by atoms with E-state index >= 15 is 0 Å². The Morgan fingerprint density at radius 3 is 2.04 bits per heavy atom. The first-order valence-corrected chi connectivity index (χ1v) is 8.85. The molecule has 1 aromatic heterocycles. The number of ether oxygens (including phenoxy) is 2. The monoisotopic (exact) mass is 378 g/mol. The average Bonchev–Trinajstić information content (AvgIpc) is 2.75. The summed E-state index contributed by atoms with van der Waals surface area (Å²) in [4.78, 5) is 12.5. The summed E-state index contributed by atoms with van der Waals surface area (Å²) >= 11 is 0. The van der Waals surface area contributed by atoms with E-state index in [1.165, 1.54) is 19.8 Å². The number of carbonyl (C=O) groups is 1. The molecule has 1 amide bonds. The lowest BCUT2D eigenvalue weighted by Gasteiger charge is -2.09. The van der Waals surface area contributed by atoms with Gasteiger partial charge in [-0.05, 0) is 48.4 Å². The highest BCUT2D eigenvalue weighted by molar-refractivity contribution is 6.04. The number of rotatable bonds is 7. The molecule has 0 spiro atoms. The Hall–Kier alpha value is -3.61. The number of hydrogen-bond donors (Lipinski definition) is 2. The number of carbonyl (C=O) groups excluding carboxylic acids is 1. The van der Waals surface area contributed by atoms with Crippen molar-refractivity contribution in [3.05, 3.63) is 65.7 Å². The van der Waals surface area contributed by atoms with Crippen LogP contribution in [-0.4, -0.2) is 30.3 Å². The van der Waals surface area contributed by atoms with Gasteiger partial charge in [0.2, 0.25) is 0 Å². The molecule has 0 radical (unpaired) electrons. The number of amides is 1. The van der Waals surface area contributed by atoms with E-state index in [9.17, 15) is 4.79 Å². The fourth-order valence-corrected chi connectivity index (χ4v) is 2.56. The molecule has 7 nitrogen and oxygen atoms in total. The molecule has 0 aliphatic carbocycles. The Morgan fingerprint density at radius 1 is 0.893 bits per heavy atom. The van der Waals surface area contributed by atoms with Crippen LogP contribution in [0.25, 0.3) is 0 Å². The van der Waals surface area contributed by atoms with E-state index < -0.39 is 0 Å².